The van der Waals surface area contributed by atoms with E-state index in [-0.39, 0.29) is 5.69 Å². The molecule has 0 atom stereocenters. The van der Waals surface area contributed by atoms with Gasteiger partial charge < -0.3 is 0 Å². The molecule has 0 bridgehead atoms. The first-order valence-electron chi connectivity index (χ1n) is 3.07. The smallest absolute Gasteiger partial charge is 0.204 e. The molecule has 0 aromatic heterocycles. The highest BCUT2D eigenvalue weighted by molar-refractivity contribution is 5.39. The summed E-state index contributed by atoms with van der Waals surface area (Å²) in [6.07, 6.45) is 0. The number of hydrogen-bond donors (Lipinski definition) is 1. The summed E-state index contributed by atoms with van der Waals surface area (Å²) in [5.74, 6) is -0.444. The van der Waals surface area contributed by atoms with Crippen molar-refractivity contribution in [3.63, 3.8) is 0 Å². The number of hydrogen-bond acceptors (Lipinski definition) is 2. The fourth-order valence-electron chi connectivity index (χ4n) is 0.747. The third kappa shape index (κ3) is 1.69. The molecule has 0 fully saturated rings. The lowest BCUT2D eigenvalue weighted by Crippen LogP contribution is -1.77. The first-order chi connectivity index (χ1) is 5.24. The topological polar surface area (TPSA) is 50.3 Å². The first kappa shape index (κ1) is 7.57. The van der Waals surface area contributed by atoms with Crippen LogP contribution in [0.3, 0.4) is 0 Å². The maximum Gasteiger partial charge on any atom is 0.220 e. The Kier molecular flexibility index (Phi) is 2.09. The molecule has 11 heavy (non-hydrogen) atoms. The summed E-state index contributed by atoms with van der Waals surface area (Å²) in [7, 11) is 0. The van der Waals surface area contributed by atoms with Crippen LogP contribution in [0.25, 0.3) is 0 Å². The minimum Gasteiger partial charge on any atom is -0.204 e. The van der Waals surface area contributed by atoms with E-state index in [0.29, 0.717) is 0 Å². The van der Waals surface area contributed by atoms with Gasteiger partial charge >= 0.3 is 0 Å². The van der Waals surface area contributed by atoms with Crippen LogP contribution in [0.5, 0.6) is 0 Å². The van der Waals surface area contributed by atoms with Crippen molar-refractivity contribution in [1.82, 2.24) is 4.91 Å². The lowest BCUT2D eigenvalue weighted by atomic mass is 10.2. The highest BCUT2D eigenvalue weighted by Crippen LogP contribution is 2.17. The minimum atomic E-state index is -0.444. The molecule has 1 aromatic carbocycles. The number of nitrogens with one attached hydrogen (secondary N) is 1. The Morgan fingerprint density at radius 3 is 2.82 bits per heavy atom. The van der Waals surface area contributed by atoms with Gasteiger partial charge in [0, 0.05) is 0 Å². The van der Waals surface area contributed by atoms with Crippen molar-refractivity contribution < 1.29 is 4.39 Å². The van der Waals surface area contributed by atoms with E-state index in [0.717, 1.165) is 5.56 Å². The van der Waals surface area contributed by atoms with Crippen LogP contribution in [0, 0.1) is 18.3 Å². The average molecular weight is 152 g/mol. The lowest BCUT2D eigenvalue weighted by molar-refractivity contribution is 0.626. The molecule has 0 saturated carbocycles. The van der Waals surface area contributed by atoms with E-state index in [1.165, 1.54) is 12.1 Å². The molecule has 0 aliphatic carbocycles. The molecule has 0 radical (unpaired) electrons. The molecular formula is C7H7FN3+. The van der Waals surface area contributed by atoms with Crippen LogP contribution in [0.2, 0.25) is 0 Å². The van der Waals surface area contributed by atoms with E-state index in [4.69, 9.17) is 5.53 Å². The molecule has 0 heterocycles. The van der Waals surface area contributed by atoms with Crippen LogP contribution < -0.4 is 4.91 Å². The second-order valence-electron chi connectivity index (χ2n) is 2.15. The predicted octanol–water partition coefficient (Wildman–Crippen LogP) is 2.32. The van der Waals surface area contributed by atoms with Gasteiger partial charge in [-0.1, -0.05) is 6.07 Å². The molecule has 0 saturated heterocycles. The van der Waals surface area contributed by atoms with E-state index in [2.05, 4.69) is 10.0 Å². The van der Waals surface area contributed by atoms with E-state index >= 15 is 0 Å². The number of aryl methyl sites for hydroxylation is 1. The summed E-state index contributed by atoms with van der Waals surface area (Å²) in [4.78, 5) is 2.73. The Labute approximate surface area is 63.1 Å². The third-order valence-electron chi connectivity index (χ3n) is 1.26. The number of nitrogens with zero attached hydrogens (tertiary/aromatic N) is 2. The van der Waals surface area contributed by atoms with Gasteiger partial charge in [-0.2, -0.15) is 0 Å². The van der Waals surface area contributed by atoms with Crippen molar-refractivity contribution >= 4 is 5.69 Å². The van der Waals surface area contributed by atoms with Crippen molar-refractivity contribution in [2.75, 3.05) is 0 Å². The Hall–Kier alpha value is -1.54. The molecule has 0 amide bonds. The molecule has 0 spiro atoms. The highest BCUT2D eigenvalue weighted by atomic mass is 19.1. The molecule has 4 heteroatoms. The van der Waals surface area contributed by atoms with Crippen molar-refractivity contribution in [2.24, 2.45) is 5.11 Å². The van der Waals surface area contributed by atoms with Crippen LogP contribution in [0.4, 0.5) is 10.1 Å². The van der Waals surface area contributed by atoms with Crippen LogP contribution >= 0.6 is 0 Å². The zero-order valence-corrected chi connectivity index (χ0v) is 6.00. The lowest BCUT2D eigenvalue weighted by Gasteiger charge is -1.90. The summed E-state index contributed by atoms with van der Waals surface area (Å²) < 4.78 is 12.8. The molecule has 0 unspecified atom stereocenters. The monoisotopic (exact) mass is 152 g/mol. The van der Waals surface area contributed by atoms with Crippen molar-refractivity contribution in [3.05, 3.63) is 29.6 Å². The van der Waals surface area contributed by atoms with E-state index < -0.39 is 5.82 Å². The predicted molar refractivity (Wildman–Crippen MR) is 38.1 cm³/mol. The van der Waals surface area contributed by atoms with Crippen molar-refractivity contribution in [1.29, 1.82) is 5.53 Å². The van der Waals surface area contributed by atoms with Gasteiger partial charge in [-0.05, 0) is 24.6 Å². The maximum absolute atomic E-state index is 12.8. The van der Waals surface area contributed by atoms with Gasteiger partial charge in [0.2, 0.25) is 4.91 Å². The molecule has 3 nitrogen and oxygen atoms in total. The average Bonchev–Trinajstić information content (AvgIpc) is 1.95. The van der Waals surface area contributed by atoms with Crippen LogP contribution in [0.15, 0.2) is 23.3 Å². The Morgan fingerprint density at radius 2 is 2.27 bits per heavy atom. The van der Waals surface area contributed by atoms with Crippen LogP contribution in [0.1, 0.15) is 5.56 Å². The normalized spacial score (nSPS) is 8.91. The quantitative estimate of drug-likeness (QED) is 0.474. The minimum absolute atomic E-state index is 0.102. The fraction of sp³-hybridized carbons (Fsp3) is 0.143. The SMILES string of the molecule is Cc1ccc(N=[N+]=N)c(F)c1. The Balaban J connectivity index is 3.19. The highest BCUT2D eigenvalue weighted by Gasteiger charge is 2.03. The van der Waals surface area contributed by atoms with Gasteiger partial charge in [0.05, 0.1) is 0 Å². The summed E-state index contributed by atoms with van der Waals surface area (Å²) in [5.41, 5.74) is 7.31. The molecule has 56 valence electrons. The summed E-state index contributed by atoms with van der Waals surface area (Å²) >= 11 is 0. The fourth-order valence-corrected chi connectivity index (χ4v) is 0.747. The number of rotatable bonds is 1. The van der Waals surface area contributed by atoms with E-state index in [9.17, 15) is 4.39 Å². The summed E-state index contributed by atoms with van der Waals surface area (Å²) in [6, 6.07) is 4.56. The second-order valence-corrected chi connectivity index (χ2v) is 2.15. The molecule has 0 aliphatic rings. The zero-order chi connectivity index (χ0) is 8.27. The van der Waals surface area contributed by atoms with Gasteiger partial charge in [0.25, 0.3) is 0 Å². The third-order valence-corrected chi connectivity index (χ3v) is 1.26. The molecule has 1 rings (SSSR count). The second kappa shape index (κ2) is 3.03. The molecule has 0 aliphatic heterocycles. The standard InChI is InChI=1S/C7H7FN3/c1-5-2-3-7(10-11-9)6(8)4-5/h2-4,9H,1H3/q+1. The summed E-state index contributed by atoms with van der Waals surface area (Å²) in [6.45, 7) is 1.78. The van der Waals surface area contributed by atoms with E-state index in [1.807, 2.05) is 0 Å². The van der Waals surface area contributed by atoms with Crippen molar-refractivity contribution in [3.8, 4) is 0 Å². The largest absolute Gasteiger partial charge is 0.220 e. The molecular weight excluding hydrogens is 145 g/mol. The number of benzene rings is 1. The Morgan fingerprint density at radius 1 is 1.55 bits per heavy atom. The molecule has 1 N–H and O–H groups in total. The van der Waals surface area contributed by atoms with Gasteiger partial charge in [0.15, 0.2) is 16.6 Å². The van der Waals surface area contributed by atoms with Gasteiger partial charge in [0.1, 0.15) is 5.53 Å². The van der Waals surface area contributed by atoms with Gasteiger partial charge in [-0.15, -0.1) is 0 Å². The van der Waals surface area contributed by atoms with Crippen LogP contribution in [-0.2, 0) is 0 Å². The Bertz CT molecular complexity index is 315. The zero-order valence-electron chi connectivity index (χ0n) is 6.00. The molecule has 1 aromatic rings. The van der Waals surface area contributed by atoms with E-state index in [1.54, 1.807) is 13.0 Å². The maximum atomic E-state index is 12.8. The first-order valence-corrected chi connectivity index (χ1v) is 3.07. The van der Waals surface area contributed by atoms with Gasteiger partial charge in [-0.25, -0.2) is 4.39 Å². The van der Waals surface area contributed by atoms with Crippen LogP contribution in [-0.4, -0.2) is 0 Å². The number of halogens is 1. The summed E-state index contributed by atoms with van der Waals surface area (Å²) in [5, 5.41) is 3.26. The van der Waals surface area contributed by atoms with Crippen molar-refractivity contribution in [2.45, 2.75) is 6.92 Å². The van der Waals surface area contributed by atoms with Gasteiger partial charge in [-0.3, -0.25) is 0 Å².